The Morgan fingerprint density at radius 1 is 1.33 bits per heavy atom. The van der Waals surface area contributed by atoms with Gasteiger partial charge in [0, 0.05) is 0 Å². The van der Waals surface area contributed by atoms with Gasteiger partial charge in [0.15, 0.2) is 0 Å². The van der Waals surface area contributed by atoms with E-state index in [0.29, 0.717) is 0 Å². The Morgan fingerprint density at radius 3 is 1.67 bits per heavy atom. The van der Waals surface area contributed by atoms with Gasteiger partial charge in [-0.15, -0.1) is 0 Å². The zero-order valence-corrected chi connectivity index (χ0v) is 5.22. The number of hydrogen-bond donors (Lipinski definition) is 0. The molecular formula is C4H10BS. The molecule has 0 atom stereocenters. The van der Waals surface area contributed by atoms with Crippen molar-refractivity contribution in [3.63, 3.8) is 0 Å². The summed E-state index contributed by atoms with van der Waals surface area (Å²) in [5, 5.41) is 0. The second-order valence-electron chi connectivity index (χ2n) is 1.11. The third-order valence-corrected chi connectivity index (χ3v) is 2.22. The summed E-state index contributed by atoms with van der Waals surface area (Å²) in [4.78, 5) is 0. The molecule has 0 aliphatic heterocycles. The second kappa shape index (κ2) is 3.60. The molecular weight excluding hydrogens is 90.9 g/mol. The van der Waals surface area contributed by atoms with Crippen LogP contribution < -0.4 is 0 Å². The molecule has 1 radical (unpaired) electrons. The molecule has 0 aliphatic carbocycles. The summed E-state index contributed by atoms with van der Waals surface area (Å²) in [6.45, 7) is 9.74. The molecule has 0 rings (SSSR count). The quantitative estimate of drug-likeness (QED) is 0.461. The van der Waals surface area contributed by atoms with Crippen LogP contribution in [0.3, 0.4) is 0 Å². The van der Waals surface area contributed by atoms with E-state index < -0.39 is 0 Å². The Hall–Kier alpha value is 0.415. The van der Waals surface area contributed by atoms with Gasteiger partial charge < -0.3 is 0 Å². The topological polar surface area (TPSA) is 0 Å². The molecule has 0 N–H and O–H groups in total. The van der Waals surface area contributed by atoms with Crippen molar-refractivity contribution in [2.75, 3.05) is 11.5 Å². The molecule has 0 heterocycles. The predicted octanol–water partition coefficient (Wildman–Crippen LogP) is 1.38. The first kappa shape index (κ1) is 6.41. The molecule has 0 amide bonds. The summed E-state index contributed by atoms with van der Waals surface area (Å²) >= 11 is 0. The van der Waals surface area contributed by atoms with Crippen LogP contribution in [0.1, 0.15) is 13.8 Å². The Labute approximate surface area is 43.1 Å². The fourth-order valence-electron chi connectivity index (χ4n) is 0.204. The van der Waals surface area contributed by atoms with Crippen molar-refractivity contribution in [3.05, 3.63) is 0 Å². The Morgan fingerprint density at radius 2 is 1.67 bits per heavy atom. The fraction of sp³-hybridized carbons (Fsp3) is 1.00. The van der Waals surface area contributed by atoms with Crippen molar-refractivity contribution >= 4 is 17.0 Å². The van der Waals surface area contributed by atoms with E-state index in [1.54, 1.807) is 0 Å². The van der Waals surface area contributed by atoms with Crippen molar-refractivity contribution in [1.82, 2.24) is 0 Å². The molecule has 0 aromatic heterocycles. The van der Waals surface area contributed by atoms with E-state index in [2.05, 4.69) is 13.8 Å². The van der Waals surface area contributed by atoms with Crippen LogP contribution >= 0.6 is 10.3 Å². The molecule has 0 saturated heterocycles. The van der Waals surface area contributed by atoms with Crippen LogP contribution in [0, 0.1) is 0 Å². The van der Waals surface area contributed by atoms with Gasteiger partial charge in [-0.1, -0.05) is 0 Å². The molecule has 0 aliphatic rings. The van der Waals surface area contributed by atoms with Crippen LogP contribution in [0.4, 0.5) is 0 Å². The minimum atomic E-state index is 0.216. The van der Waals surface area contributed by atoms with Crippen molar-refractivity contribution in [3.8, 4) is 0 Å². The molecule has 6 heavy (non-hydrogen) atoms. The average molecular weight is 101 g/mol. The fourth-order valence-corrected chi connectivity index (χ4v) is 0.612. The zero-order valence-electron chi connectivity index (χ0n) is 4.40. The van der Waals surface area contributed by atoms with Gasteiger partial charge in [0.1, 0.15) is 0 Å². The molecule has 0 bridgehead atoms. The van der Waals surface area contributed by atoms with E-state index in [9.17, 15) is 0 Å². The summed E-state index contributed by atoms with van der Waals surface area (Å²) in [5.41, 5.74) is 0. The maximum absolute atomic E-state index is 5.50. The third-order valence-electron chi connectivity index (χ3n) is 0.742. The van der Waals surface area contributed by atoms with Gasteiger partial charge in [-0.25, -0.2) is 0 Å². The average Bonchev–Trinajstić information content (AvgIpc) is 1.65. The summed E-state index contributed by atoms with van der Waals surface area (Å²) in [5.74, 6) is 2.27. The first-order valence-corrected chi connectivity index (χ1v) is 3.85. The predicted molar refractivity (Wildman–Crippen MR) is 34.4 cm³/mol. The first-order chi connectivity index (χ1) is 2.81. The van der Waals surface area contributed by atoms with Gasteiger partial charge in [0.2, 0.25) is 0 Å². The van der Waals surface area contributed by atoms with E-state index in [-0.39, 0.29) is 10.3 Å². The van der Waals surface area contributed by atoms with Crippen LogP contribution in [0.15, 0.2) is 0 Å². The van der Waals surface area contributed by atoms with Gasteiger partial charge in [0.25, 0.3) is 0 Å². The van der Waals surface area contributed by atoms with E-state index in [1.165, 1.54) is 0 Å². The van der Waals surface area contributed by atoms with E-state index in [0.717, 1.165) is 11.5 Å². The Balaban J connectivity index is 2.99. The van der Waals surface area contributed by atoms with Crippen LogP contribution in [-0.4, -0.2) is 18.2 Å². The monoisotopic (exact) mass is 101 g/mol. The number of hydrogen-bond acceptors (Lipinski definition) is 0. The Kier molecular flexibility index (Phi) is 3.85. The Bertz CT molecular complexity index is 45.5. The van der Waals surface area contributed by atoms with Crippen LogP contribution in [0.25, 0.3) is 0 Å². The van der Waals surface area contributed by atoms with Crippen LogP contribution in [0.5, 0.6) is 0 Å². The zero-order chi connectivity index (χ0) is 4.99. The molecule has 0 unspecified atom stereocenters. The standard InChI is InChI=1S/C4H10BS/c1-3-6(5)4-2/h3-4H2,1-2H3. The van der Waals surface area contributed by atoms with Crippen molar-refractivity contribution < 1.29 is 0 Å². The molecule has 2 heteroatoms. The number of rotatable bonds is 2. The van der Waals surface area contributed by atoms with Crippen LogP contribution in [0.2, 0.25) is 0 Å². The van der Waals surface area contributed by atoms with Gasteiger partial charge >= 0.3 is 42.4 Å². The molecule has 0 aromatic carbocycles. The SMILES string of the molecule is [B]=S(CC)CC. The van der Waals surface area contributed by atoms with Gasteiger partial charge in [-0.2, -0.15) is 0 Å². The van der Waals surface area contributed by atoms with Gasteiger partial charge in [-0.3, -0.25) is 0 Å². The van der Waals surface area contributed by atoms with Crippen molar-refractivity contribution in [2.45, 2.75) is 13.8 Å². The third kappa shape index (κ3) is 2.64. The molecule has 0 spiro atoms. The summed E-state index contributed by atoms with van der Waals surface area (Å²) in [6.07, 6.45) is 0. The summed E-state index contributed by atoms with van der Waals surface area (Å²) in [7, 11) is 0.216. The van der Waals surface area contributed by atoms with Crippen molar-refractivity contribution in [2.24, 2.45) is 0 Å². The molecule has 0 saturated carbocycles. The minimum absolute atomic E-state index is 0.216. The molecule has 0 aromatic rings. The molecule has 35 valence electrons. The van der Waals surface area contributed by atoms with Gasteiger partial charge in [-0.05, 0) is 0 Å². The van der Waals surface area contributed by atoms with E-state index >= 15 is 0 Å². The van der Waals surface area contributed by atoms with E-state index in [4.69, 9.17) is 6.72 Å². The van der Waals surface area contributed by atoms with E-state index in [1.807, 2.05) is 0 Å². The van der Waals surface area contributed by atoms with Crippen molar-refractivity contribution in [1.29, 1.82) is 0 Å². The summed E-state index contributed by atoms with van der Waals surface area (Å²) < 4.78 is 0. The first-order valence-electron chi connectivity index (χ1n) is 2.23. The van der Waals surface area contributed by atoms with Crippen LogP contribution in [-0.2, 0) is 0 Å². The molecule has 0 fully saturated rings. The maximum atomic E-state index is 5.50. The second-order valence-corrected chi connectivity index (χ2v) is 3.34. The normalized spacial score (nSPS) is 9.67. The summed E-state index contributed by atoms with van der Waals surface area (Å²) in [6, 6.07) is 0. The van der Waals surface area contributed by atoms with Gasteiger partial charge in [0.05, 0.1) is 0 Å². The molecule has 0 nitrogen and oxygen atoms in total.